The Kier molecular flexibility index (Phi) is 5.20. The van der Waals surface area contributed by atoms with E-state index < -0.39 is 0 Å². The summed E-state index contributed by atoms with van der Waals surface area (Å²) in [4.78, 5) is 10.4. The van der Waals surface area contributed by atoms with Crippen LogP contribution in [0.2, 0.25) is 0 Å². The third kappa shape index (κ3) is 3.55. The summed E-state index contributed by atoms with van der Waals surface area (Å²) in [5, 5.41) is 7.14. The summed E-state index contributed by atoms with van der Waals surface area (Å²) in [6.45, 7) is 0. The highest BCUT2D eigenvalue weighted by Gasteiger charge is 2.18. The van der Waals surface area contributed by atoms with Gasteiger partial charge >= 0.3 is 0 Å². The monoisotopic (exact) mass is 547 g/mol. The van der Waals surface area contributed by atoms with Crippen molar-refractivity contribution in [2.45, 2.75) is 0 Å². The molecule has 0 aliphatic rings. The molecule has 9 rings (SSSR count). The van der Waals surface area contributed by atoms with Crippen LogP contribution in [0.5, 0.6) is 0 Å². The third-order valence-corrected chi connectivity index (χ3v) is 8.65. The van der Waals surface area contributed by atoms with Crippen LogP contribution in [-0.2, 0) is 0 Å². The maximum atomic E-state index is 5.33. The van der Waals surface area contributed by atoms with Gasteiger partial charge in [0, 0.05) is 32.7 Å². The molecule has 0 spiro atoms. The molecule has 2 aromatic heterocycles. The quantitative estimate of drug-likeness (QED) is 0.206. The number of nitrogens with zero attached hydrogens (tertiary/aromatic N) is 3. The van der Waals surface area contributed by atoms with Crippen molar-refractivity contribution in [3.63, 3.8) is 0 Å². The smallest absolute Gasteiger partial charge is 0.0979 e. The molecule has 43 heavy (non-hydrogen) atoms. The van der Waals surface area contributed by atoms with Crippen LogP contribution in [0.4, 0.5) is 0 Å². The standard InChI is InChI=1S/C40H25N3/c1-4-16-29(35-25-41-39-33-20-5-2-13-26(33)27-14-3-6-21-34(27)40(39)42-35)28(15-1)30-17-7-10-22-36(30)43-37-23-11-8-18-31(37)32-19-9-12-24-38(32)43/h1-25H. The predicted octanol–water partition coefficient (Wildman–Crippen LogP) is 10.4. The molecular weight excluding hydrogens is 522 g/mol. The average Bonchev–Trinajstić information content (AvgIpc) is 3.42. The second-order valence-corrected chi connectivity index (χ2v) is 11.0. The maximum absolute atomic E-state index is 5.33. The van der Waals surface area contributed by atoms with Crippen molar-refractivity contribution in [2.24, 2.45) is 0 Å². The van der Waals surface area contributed by atoms with Crippen molar-refractivity contribution in [3.05, 3.63) is 152 Å². The molecule has 7 aromatic carbocycles. The van der Waals surface area contributed by atoms with Gasteiger partial charge in [0.2, 0.25) is 0 Å². The molecule has 0 aliphatic heterocycles. The van der Waals surface area contributed by atoms with E-state index >= 15 is 0 Å². The van der Waals surface area contributed by atoms with Crippen molar-refractivity contribution in [1.29, 1.82) is 0 Å². The number of fused-ring (bicyclic) bond motifs is 9. The molecule has 200 valence electrons. The summed E-state index contributed by atoms with van der Waals surface area (Å²) in [5.41, 5.74) is 9.57. The SMILES string of the molecule is c1ccc(-c2ccccc2-n2c3ccccc3c3ccccc32)c(-c2cnc3c4ccccc4c4ccccc4c3n2)c1. The zero-order valence-electron chi connectivity index (χ0n) is 23.3. The number of hydrogen-bond acceptors (Lipinski definition) is 2. The molecule has 2 heterocycles. The Hall–Kier alpha value is -5.80. The number of hydrogen-bond donors (Lipinski definition) is 0. The largest absolute Gasteiger partial charge is 0.309 e. The zero-order valence-corrected chi connectivity index (χ0v) is 23.3. The fourth-order valence-corrected chi connectivity index (χ4v) is 6.77. The van der Waals surface area contributed by atoms with Gasteiger partial charge in [-0.25, -0.2) is 4.98 Å². The van der Waals surface area contributed by atoms with Crippen LogP contribution >= 0.6 is 0 Å². The van der Waals surface area contributed by atoms with Crippen LogP contribution in [0.3, 0.4) is 0 Å². The van der Waals surface area contributed by atoms with E-state index in [1.807, 2.05) is 6.20 Å². The highest BCUT2D eigenvalue weighted by molar-refractivity contribution is 6.23. The number of rotatable bonds is 3. The normalized spacial score (nSPS) is 11.7. The molecule has 0 amide bonds. The molecule has 3 heteroatoms. The van der Waals surface area contributed by atoms with E-state index in [0.717, 1.165) is 49.9 Å². The van der Waals surface area contributed by atoms with Gasteiger partial charge in [0.1, 0.15) is 0 Å². The van der Waals surface area contributed by atoms with E-state index in [2.05, 4.69) is 150 Å². The first-order valence-electron chi connectivity index (χ1n) is 14.6. The van der Waals surface area contributed by atoms with Crippen molar-refractivity contribution in [2.75, 3.05) is 0 Å². The molecule has 0 N–H and O–H groups in total. The van der Waals surface area contributed by atoms with Crippen LogP contribution in [0.15, 0.2) is 152 Å². The molecular formula is C40H25N3. The second-order valence-electron chi connectivity index (χ2n) is 11.0. The van der Waals surface area contributed by atoms with Gasteiger partial charge in [0.15, 0.2) is 0 Å². The minimum Gasteiger partial charge on any atom is -0.309 e. The topological polar surface area (TPSA) is 30.7 Å². The Morgan fingerprint density at radius 3 is 1.49 bits per heavy atom. The zero-order chi connectivity index (χ0) is 28.3. The van der Waals surface area contributed by atoms with Gasteiger partial charge in [-0.3, -0.25) is 4.98 Å². The lowest BCUT2D eigenvalue weighted by Gasteiger charge is -2.17. The summed E-state index contributed by atoms with van der Waals surface area (Å²) in [7, 11) is 0. The summed E-state index contributed by atoms with van der Waals surface area (Å²) in [6.07, 6.45) is 1.94. The molecule has 0 radical (unpaired) electrons. The predicted molar refractivity (Wildman–Crippen MR) is 180 cm³/mol. The summed E-state index contributed by atoms with van der Waals surface area (Å²) in [5.74, 6) is 0. The lowest BCUT2D eigenvalue weighted by Crippen LogP contribution is -1.99. The Bertz CT molecular complexity index is 2430. The van der Waals surface area contributed by atoms with Crippen LogP contribution in [0.25, 0.3) is 82.5 Å². The molecule has 9 aromatic rings. The molecule has 0 saturated heterocycles. The summed E-state index contributed by atoms with van der Waals surface area (Å²) in [6, 6.07) is 51.6. The summed E-state index contributed by atoms with van der Waals surface area (Å²) >= 11 is 0. The minimum absolute atomic E-state index is 0.862. The fraction of sp³-hybridized carbons (Fsp3) is 0. The van der Waals surface area contributed by atoms with Crippen molar-refractivity contribution in [3.8, 4) is 28.1 Å². The third-order valence-electron chi connectivity index (χ3n) is 8.65. The number of benzene rings is 7. The van der Waals surface area contributed by atoms with Crippen molar-refractivity contribution >= 4 is 54.4 Å². The first kappa shape index (κ1) is 23.9. The lowest BCUT2D eigenvalue weighted by molar-refractivity contribution is 1.18. The van der Waals surface area contributed by atoms with E-state index in [-0.39, 0.29) is 0 Å². The molecule has 0 fully saturated rings. The second kappa shape index (κ2) is 9.37. The Morgan fingerprint density at radius 1 is 0.372 bits per heavy atom. The van der Waals surface area contributed by atoms with Gasteiger partial charge in [-0.05, 0) is 34.5 Å². The van der Waals surface area contributed by atoms with E-state index in [4.69, 9.17) is 9.97 Å². The molecule has 0 unspecified atom stereocenters. The van der Waals surface area contributed by atoms with Gasteiger partial charge < -0.3 is 4.57 Å². The average molecular weight is 548 g/mol. The van der Waals surface area contributed by atoms with Gasteiger partial charge in [-0.1, -0.05) is 127 Å². The van der Waals surface area contributed by atoms with Gasteiger partial charge in [-0.15, -0.1) is 0 Å². The summed E-state index contributed by atoms with van der Waals surface area (Å²) < 4.78 is 2.39. The van der Waals surface area contributed by atoms with E-state index in [1.54, 1.807) is 0 Å². The first-order chi connectivity index (χ1) is 21.4. The maximum Gasteiger partial charge on any atom is 0.0979 e. The molecule has 3 nitrogen and oxygen atoms in total. The van der Waals surface area contributed by atoms with Crippen molar-refractivity contribution < 1.29 is 0 Å². The Morgan fingerprint density at radius 2 is 0.837 bits per heavy atom. The van der Waals surface area contributed by atoms with Gasteiger partial charge in [-0.2, -0.15) is 0 Å². The molecule has 0 atom stereocenters. The van der Waals surface area contributed by atoms with E-state index in [9.17, 15) is 0 Å². The fourth-order valence-electron chi connectivity index (χ4n) is 6.77. The molecule has 0 saturated carbocycles. The lowest BCUT2D eigenvalue weighted by atomic mass is 9.95. The number of aromatic nitrogens is 3. The van der Waals surface area contributed by atoms with Gasteiger partial charge in [0.25, 0.3) is 0 Å². The van der Waals surface area contributed by atoms with Crippen molar-refractivity contribution in [1.82, 2.24) is 14.5 Å². The van der Waals surface area contributed by atoms with Crippen LogP contribution in [0.1, 0.15) is 0 Å². The molecule has 0 bridgehead atoms. The molecule has 0 aliphatic carbocycles. The van der Waals surface area contributed by atoms with Crippen LogP contribution in [0, 0.1) is 0 Å². The highest BCUT2D eigenvalue weighted by Crippen LogP contribution is 2.40. The highest BCUT2D eigenvalue weighted by atomic mass is 15.0. The van der Waals surface area contributed by atoms with Gasteiger partial charge in [0.05, 0.1) is 39.6 Å². The van der Waals surface area contributed by atoms with E-state index in [1.165, 1.54) is 32.6 Å². The van der Waals surface area contributed by atoms with Crippen LogP contribution < -0.4 is 0 Å². The first-order valence-corrected chi connectivity index (χ1v) is 14.6. The van der Waals surface area contributed by atoms with Crippen LogP contribution in [-0.4, -0.2) is 14.5 Å². The number of para-hydroxylation sites is 3. The minimum atomic E-state index is 0.862. The van der Waals surface area contributed by atoms with E-state index in [0.29, 0.717) is 0 Å². The Balaban J connectivity index is 1.31. The Labute approximate surface area is 248 Å².